The minimum atomic E-state index is -0.703. The lowest BCUT2D eigenvalue weighted by Crippen LogP contribution is -2.14. The summed E-state index contributed by atoms with van der Waals surface area (Å²) in [5, 5.41) is 8.54. The first kappa shape index (κ1) is 16.6. The summed E-state index contributed by atoms with van der Waals surface area (Å²) < 4.78 is 5.59. The van der Waals surface area contributed by atoms with E-state index in [0.717, 1.165) is 32.5 Å². The van der Waals surface area contributed by atoms with E-state index in [1.54, 1.807) is 0 Å². The standard InChI is InChI=1S/C15H26O3S/c1-2-9-19-12-14-11-18-10-13(14)7-5-3-4-6-8-15(16)17/h3,5,13-14H,2,4,6-12H2,1H3,(H,16,17)/b5-3-/t13-,14-/m0/s1. The molecule has 1 aliphatic heterocycles. The number of thioether (sulfide) groups is 1. The smallest absolute Gasteiger partial charge is 0.303 e. The van der Waals surface area contributed by atoms with Gasteiger partial charge in [0.15, 0.2) is 0 Å². The van der Waals surface area contributed by atoms with Gasteiger partial charge in [-0.2, -0.15) is 11.8 Å². The number of carbonyl (C=O) groups is 1. The summed E-state index contributed by atoms with van der Waals surface area (Å²) in [6.07, 6.45) is 8.53. The monoisotopic (exact) mass is 286 g/mol. The molecular weight excluding hydrogens is 260 g/mol. The molecule has 0 bridgehead atoms. The topological polar surface area (TPSA) is 46.5 Å². The summed E-state index contributed by atoms with van der Waals surface area (Å²) >= 11 is 2.04. The number of carboxylic acid groups (broad SMARTS) is 1. The van der Waals surface area contributed by atoms with E-state index in [0.29, 0.717) is 11.8 Å². The van der Waals surface area contributed by atoms with Crippen molar-refractivity contribution in [2.75, 3.05) is 24.7 Å². The Bertz CT molecular complexity index is 279. The molecule has 0 aromatic rings. The minimum Gasteiger partial charge on any atom is -0.481 e. The Morgan fingerprint density at radius 3 is 2.89 bits per heavy atom. The van der Waals surface area contributed by atoms with Crippen molar-refractivity contribution in [3.05, 3.63) is 12.2 Å². The van der Waals surface area contributed by atoms with Crippen LogP contribution in [0.1, 0.15) is 39.0 Å². The molecule has 0 amide bonds. The number of allylic oxidation sites excluding steroid dienone is 2. The fourth-order valence-electron chi connectivity index (χ4n) is 2.23. The number of ether oxygens (including phenoxy) is 1. The van der Waals surface area contributed by atoms with Gasteiger partial charge in [-0.05, 0) is 49.0 Å². The summed E-state index contributed by atoms with van der Waals surface area (Å²) in [7, 11) is 0. The van der Waals surface area contributed by atoms with Crippen LogP contribution in [0.4, 0.5) is 0 Å². The lowest BCUT2D eigenvalue weighted by atomic mass is 9.94. The zero-order valence-electron chi connectivity index (χ0n) is 11.8. The number of hydrogen-bond donors (Lipinski definition) is 1. The Hall–Kier alpha value is -0.480. The highest BCUT2D eigenvalue weighted by atomic mass is 32.2. The summed E-state index contributed by atoms with van der Waals surface area (Å²) in [4.78, 5) is 10.4. The van der Waals surface area contributed by atoms with Crippen molar-refractivity contribution < 1.29 is 14.6 Å². The SMILES string of the molecule is CCCSC[C@@H]1COC[C@@H]1C/C=C\CCCC(=O)O. The van der Waals surface area contributed by atoms with E-state index in [4.69, 9.17) is 9.84 Å². The van der Waals surface area contributed by atoms with Gasteiger partial charge in [0.25, 0.3) is 0 Å². The van der Waals surface area contributed by atoms with Crippen LogP contribution in [0.15, 0.2) is 12.2 Å². The normalized spacial score (nSPS) is 23.2. The van der Waals surface area contributed by atoms with Gasteiger partial charge in [-0.1, -0.05) is 19.1 Å². The highest BCUT2D eigenvalue weighted by Crippen LogP contribution is 2.27. The number of hydrogen-bond acceptors (Lipinski definition) is 3. The van der Waals surface area contributed by atoms with Crippen LogP contribution in [-0.4, -0.2) is 35.8 Å². The van der Waals surface area contributed by atoms with Gasteiger partial charge in [-0.25, -0.2) is 0 Å². The van der Waals surface area contributed by atoms with Gasteiger partial charge in [0.1, 0.15) is 0 Å². The van der Waals surface area contributed by atoms with Gasteiger partial charge in [-0.3, -0.25) is 4.79 Å². The van der Waals surface area contributed by atoms with E-state index in [9.17, 15) is 4.79 Å². The van der Waals surface area contributed by atoms with E-state index in [-0.39, 0.29) is 6.42 Å². The molecule has 0 aromatic heterocycles. The molecule has 1 aliphatic rings. The quantitative estimate of drug-likeness (QED) is 0.492. The fraction of sp³-hybridized carbons (Fsp3) is 0.800. The first-order valence-corrected chi connectivity index (χ1v) is 8.41. The molecule has 0 radical (unpaired) electrons. The zero-order chi connectivity index (χ0) is 13.9. The van der Waals surface area contributed by atoms with Crippen molar-refractivity contribution in [2.45, 2.75) is 39.0 Å². The first-order chi connectivity index (χ1) is 9.24. The summed E-state index contributed by atoms with van der Waals surface area (Å²) in [5.74, 6) is 3.10. The van der Waals surface area contributed by atoms with Crippen LogP contribution >= 0.6 is 11.8 Å². The summed E-state index contributed by atoms with van der Waals surface area (Å²) in [6, 6.07) is 0. The maximum Gasteiger partial charge on any atom is 0.303 e. The molecule has 19 heavy (non-hydrogen) atoms. The van der Waals surface area contributed by atoms with Gasteiger partial charge in [0, 0.05) is 6.42 Å². The largest absolute Gasteiger partial charge is 0.481 e. The average Bonchev–Trinajstić information content (AvgIpc) is 2.81. The molecule has 1 rings (SSSR count). The Balaban J connectivity index is 2.12. The summed E-state index contributed by atoms with van der Waals surface area (Å²) in [5.41, 5.74) is 0. The third-order valence-electron chi connectivity index (χ3n) is 3.38. The van der Waals surface area contributed by atoms with Gasteiger partial charge in [0.2, 0.25) is 0 Å². The molecule has 1 N–H and O–H groups in total. The average molecular weight is 286 g/mol. The van der Waals surface area contributed by atoms with Crippen LogP contribution in [0, 0.1) is 11.8 Å². The van der Waals surface area contributed by atoms with Crippen LogP contribution in [0.25, 0.3) is 0 Å². The highest BCUT2D eigenvalue weighted by Gasteiger charge is 2.26. The van der Waals surface area contributed by atoms with E-state index in [1.807, 2.05) is 11.8 Å². The van der Waals surface area contributed by atoms with Crippen molar-refractivity contribution in [3.63, 3.8) is 0 Å². The van der Waals surface area contributed by atoms with Crippen molar-refractivity contribution in [1.82, 2.24) is 0 Å². The van der Waals surface area contributed by atoms with Crippen molar-refractivity contribution in [1.29, 1.82) is 0 Å². The molecule has 1 fully saturated rings. The third-order valence-corrected chi connectivity index (χ3v) is 4.74. The molecule has 0 aliphatic carbocycles. The Morgan fingerprint density at radius 2 is 2.16 bits per heavy atom. The van der Waals surface area contributed by atoms with Crippen LogP contribution < -0.4 is 0 Å². The molecule has 4 heteroatoms. The second kappa shape index (κ2) is 10.3. The maximum absolute atomic E-state index is 10.4. The second-order valence-corrected chi connectivity index (χ2v) is 6.28. The summed E-state index contributed by atoms with van der Waals surface area (Å²) in [6.45, 7) is 4.01. The third kappa shape index (κ3) is 7.63. The highest BCUT2D eigenvalue weighted by molar-refractivity contribution is 7.99. The van der Waals surface area contributed by atoms with Gasteiger partial charge in [-0.15, -0.1) is 0 Å². The number of unbranched alkanes of at least 4 members (excludes halogenated alkanes) is 1. The zero-order valence-corrected chi connectivity index (χ0v) is 12.7. The minimum absolute atomic E-state index is 0.271. The predicted molar refractivity (Wildman–Crippen MR) is 80.7 cm³/mol. The van der Waals surface area contributed by atoms with Gasteiger partial charge >= 0.3 is 5.97 Å². The Morgan fingerprint density at radius 1 is 1.37 bits per heavy atom. The van der Waals surface area contributed by atoms with Gasteiger partial charge < -0.3 is 9.84 Å². The molecule has 2 atom stereocenters. The molecule has 110 valence electrons. The lowest BCUT2D eigenvalue weighted by Gasteiger charge is -2.15. The van der Waals surface area contributed by atoms with Crippen molar-refractivity contribution in [3.8, 4) is 0 Å². The Labute approximate surface area is 120 Å². The lowest BCUT2D eigenvalue weighted by molar-refractivity contribution is -0.137. The van der Waals surface area contributed by atoms with Crippen LogP contribution in [0.5, 0.6) is 0 Å². The second-order valence-electron chi connectivity index (χ2n) is 5.13. The van der Waals surface area contributed by atoms with E-state index in [1.165, 1.54) is 17.9 Å². The number of aliphatic carboxylic acids is 1. The molecule has 1 saturated heterocycles. The molecule has 0 unspecified atom stereocenters. The fourth-order valence-corrected chi connectivity index (χ4v) is 3.35. The predicted octanol–water partition coefficient (Wildman–Crippen LogP) is 3.59. The van der Waals surface area contributed by atoms with Crippen LogP contribution in [-0.2, 0) is 9.53 Å². The van der Waals surface area contributed by atoms with E-state index in [2.05, 4.69) is 19.1 Å². The molecule has 0 spiro atoms. The number of carboxylic acids is 1. The number of rotatable bonds is 10. The molecule has 0 aromatic carbocycles. The van der Waals surface area contributed by atoms with E-state index < -0.39 is 5.97 Å². The van der Waals surface area contributed by atoms with E-state index >= 15 is 0 Å². The van der Waals surface area contributed by atoms with Crippen molar-refractivity contribution >= 4 is 17.7 Å². The van der Waals surface area contributed by atoms with Crippen LogP contribution in [0.3, 0.4) is 0 Å². The molecule has 0 saturated carbocycles. The van der Waals surface area contributed by atoms with Crippen molar-refractivity contribution in [2.24, 2.45) is 11.8 Å². The van der Waals surface area contributed by atoms with Gasteiger partial charge in [0.05, 0.1) is 13.2 Å². The Kier molecular flexibility index (Phi) is 9.01. The molecular formula is C15H26O3S. The molecule has 1 heterocycles. The maximum atomic E-state index is 10.4. The first-order valence-electron chi connectivity index (χ1n) is 7.26. The van der Waals surface area contributed by atoms with Crippen LogP contribution in [0.2, 0.25) is 0 Å². The molecule has 3 nitrogen and oxygen atoms in total.